The lowest BCUT2D eigenvalue weighted by atomic mass is 10.0. The fraction of sp³-hybridized carbons (Fsp3) is 0.391. The molecule has 0 bridgehead atoms. The van der Waals surface area contributed by atoms with E-state index in [0.29, 0.717) is 38.4 Å². The van der Waals surface area contributed by atoms with E-state index in [1.165, 1.54) is 12.1 Å². The largest absolute Gasteiger partial charge is 0.353 e. The molecule has 1 fully saturated rings. The molecule has 1 aliphatic heterocycles. The minimum atomic E-state index is -0.456. The first kappa shape index (κ1) is 21.9. The number of anilines is 1. The lowest BCUT2D eigenvalue weighted by molar-refractivity contribution is -0.125. The Morgan fingerprint density at radius 1 is 0.967 bits per heavy atom. The van der Waals surface area contributed by atoms with Gasteiger partial charge in [0.2, 0.25) is 11.8 Å². The number of piperazine rings is 1. The molecule has 2 N–H and O–H groups in total. The molecule has 0 aliphatic carbocycles. The Bertz CT molecular complexity index is 834. The highest BCUT2D eigenvalue weighted by Gasteiger charge is 2.31. The summed E-state index contributed by atoms with van der Waals surface area (Å²) < 4.78 is 13.2. The van der Waals surface area contributed by atoms with Crippen LogP contribution in [0.2, 0.25) is 0 Å². The molecule has 2 amide bonds. The molecular weight excluding hydrogens is 383 g/mol. The molecule has 3 rings (SSSR count). The first-order chi connectivity index (χ1) is 14.4. The van der Waals surface area contributed by atoms with Crippen molar-refractivity contribution < 1.29 is 14.0 Å². The Hall–Kier alpha value is -2.77. The standard InChI is InChI=1S/C23H29FN4O2/c1-17(2)25-21(29)16-27-12-14-28(15-13-27)22(18-6-4-3-5-7-18)23(30)26-20-10-8-19(24)9-11-20/h3-11,17,22H,12-16H2,1-2H3,(H,25,29)(H,26,30)/t22-/m0/s1. The molecule has 0 saturated carbocycles. The van der Waals surface area contributed by atoms with Crippen molar-refractivity contribution in [2.45, 2.75) is 25.9 Å². The van der Waals surface area contributed by atoms with Crippen LogP contribution in [-0.2, 0) is 9.59 Å². The third kappa shape index (κ3) is 6.11. The molecule has 0 spiro atoms. The number of amides is 2. The molecule has 160 valence electrons. The van der Waals surface area contributed by atoms with E-state index in [-0.39, 0.29) is 23.7 Å². The minimum Gasteiger partial charge on any atom is -0.353 e. The van der Waals surface area contributed by atoms with E-state index < -0.39 is 6.04 Å². The van der Waals surface area contributed by atoms with E-state index in [2.05, 4.69) is 20.4 Å². The lowest BCUT2D eigenvalue weighted by Gasteiger charge is -2.38. The Labute approximate surface area is 177 Å². The van der Waals surface area contributed by atoms with Crippen LogP contribution in [-0.4, -0.2) is 60.4 Å². The second-order valence-corrected chi connectivity index (χ2v) is 7.84. The van der Waals surface area contributed by atoms with Gasteiger partial charge in [-0.2, -0.15) is 0 Å². The SMILES string of the molecule is CC(C)NC(=O)CN1CCN([C@H](C(=O)Nc2ccc(F)cc2)c2ccccc2)CC1. The van der Waals surface area contributed by atoms with Crippen LogP contribution in [0.4, 0.5) is 10.1 Å². The molecule has 7 heteroatoms. The van der Waals surface area contributed by atoms with Gasteiger partial charge >= 0.3 is 0 Å². The summed E-state index contributed by atoms with van der Waals surface area (Å²) in [5, 5.41) is 5.82. The molecular formula is C23H29FN4O2. The van der Waals surface area contributed by atoms with E-state index >= 15 is 0 Å². The quantitative estimate of drug-likeness (QED) is 0.734. The van der Waals surface area contributed by atoms with Gasteiger partial charge in [-0.05, 0) is 43.7 Å². The Morgan fingerprint density at radius 2 is 1.60 bits per heavy atom. The second-order valence-electron chi connectivity index (χ2n) is 7.84. The van der Waals surface area contributed by atoms with Gasteiger partial charge in [-0.1, -0.05) is 30.3 Å². The number of halogens is 1. The van der Waals surface area contributed by atoms with Crippen LogP contribution in [0.15, 0.2) is 54.6 Å². The zero-order valence-electron chi connectivity index (χ0n) is 17.5. The van der Waals surface area contributed by atoms with Gasteiger partial charge in [0.1, 0.15) is 11.9 Å². The zero-order valence-corrected chi connectivity index (χ0v) is 17.5. The summed E-state index contributed by atoms with van der Waals surface area (Å²) in [6, 6.07) is 15.1. The summed E-state index contributed by atoms with van der Waals surface area (Å²) in [6.45, 7) is 7.01. The van der Waals surface area contributed by atoms with Gasteiger partial charge in [-0.3, -0.25) is 19.4 Å². The molecule has 2 aromatic carbocycles. The highest BCUT2D eigenvalue weighted by Crippen LogP contribution is 2.24. The fourth-order valence-electron chi connectivity index (χ4n) is 3.66. The van der Waals surface area contributed by atoms with Crippen LogP contribution >= 0.6 is 0 Å². The summed E-state index contributed by atoms with van der Waals surface area (Å²) in [5.41, 5.74) is 1.47. The summed E-state index contributed by atoms with van der Waals surface area (Å²) in [7, 11) is 0. The van der Waals surface area contributed by atoms with Gasteiger partial charge in [-0.15, -0.1) is 0 Å². The van der Waals surface area contributed by atoms with E-state index in [0.717, 1.165) is 5.56 Å². The maximum absolute atomic E-state index is 13.2. The average molecular weight is 413 g/mol. The predicted octanol–water partition coefficient (Wildman–Crippen LogP) is 2.65. The Balaban J connectivity index is 1.67. The summed E-state index contributed by atoms with van der Waals surface area (Å²) in [6.07, 6.45) is 0. The van der Waals surface area contributed by atoms with Gasteiger partial charge < -0.3 is 10.6 Å². The summed E-state index contributed by atoms with van der Waals surface area (Å²) in [4.78, 5) is 29.4. The predicted molar refractivity (Wildman–Crippen MR) is 116 cm³/mol. The van der Waals surface area contributed by atoms with Crippen molar-refractivity contribution in [3.8, 4) is 0 Å². The number of nitrogens with one attached hydrogen (secondary N) is 2. The number of carbonyl (C=O) groups is 2. The molecule has 2 aromatic rings. The highest BCUT2D eigenvalue weighted by atomic mass is 19.1. The van der Waals surface area contributed by atoms with Gasteiger partial charge in [0.25, 0.3) is 0 Å². The van der Waals surface area contributed by atoms with Crippen LogP contribution in [0.25, 0.3) is 0 Å². The Kier molecular flexibility index (Phi) is 7.54. The number of hydrogen-bond acceptors (Lipinski definition) is 4. The molecule has 0 unspecified atom stereocenters. The van der Waals surface area contributed by atoms with Crippen LogP contribution < -0.4 is 10.6 Å². The third-order valence-electron chi connectivity index (χ3n) is 5.06. The van der Waals surface area contributed by atoms with Crippen molar-refractivity contribution in [1.29, 1.82) is 0 Å². The smallest absolute Gasteiger partial charge is 0.246 e. The maximum atomic E-state index is 13.2. The summed E-state index contributed by atoms with van der Waals surface area (Å²) >= 11 is 0. The lowest BCUT2D eigenvalue weighted by Crippen LogP contribution is -2.52. The van der Waals surface area contributed by atoms with Crippen molar-refractivity contribution >= 4 is 17.5 Å². The third-order valence-corrected chi connectivity index (χ3v) is 5.06. The van der Waals surface area contributed by atoms with Gasteiger partial charge in [-0.25, -0.2) is 4.39 Å². The Morgan fingerprint density at radius 3 is 2.20 bits per heavy atom. The van der Waals surface area contributed by atoms with Crippen LogP contribution in [0, 0.1) is 5.82 Å². The van der Waals surface area contributed by atoms with Gasteiger partial charge in [0, 0.05) is 37.9 Å². The van der Waals surface area contributed by atoms with Crippen LogP contribution in [0.5, 0.6) is 0 Å². The van der Waals surface area contributed by atoms with Crippen molar-refractivity contribution in [3.63, 3.8) is 0 Å². The molecule has 0 aromatic heterocycles. The monoisotopic (exact) mass is 412 g/mol. The number of carbonyl (C=O) groups excluding carboxylic acids is 2. The highest BCUT2D eigenvalue weighted by molar-refractivity contribution is 5.95. The average Bonchev–Trinajstić information content (AvgIpc) is 2.71. The number of nitrogens with zero attached hydrogens (tertiary/aromatic N) is 2. The number of benzene rings is 2. The molecule has 30 heavy (non-hydrogen) atoms. The van der Waals surface area contributed by atoms with Crippen molar-refractivity contribution in [1.82, 2.24) is 15.1 Å². The molecule has 0 radical (unpaired) electrons. The minimum absolute atomic E-state index is 0.0205. The first-order valence-electron chi connectivity index (χ1n) is 10.3. The number of rotatable bonds is 7. The van der Waals surface area contributed by atoms with E-state index in [1.807, 2.05) is 44.2 Å². The van der Waals surface area contributed by atoms with Crippen molar-refractivity contribution in [2.24, 2.45) is 0 Å². The normalized spacial score (nSPS) is 16.3. The second kappa shape index (κ2) is 10.3. The maximum Gasteiger partial charge on any atom is 0.246 e. The molecule has 1 saturated heterocycles. The van der Waals surface area contributed by atoms with E-state index in [4.69, 9.17) is 0 Å². The van der Waals surface area contributed by atoms with E-state index in [9.17, 15) is 14.0 Å². The van der Waals surface area contributed by atoms with Crippen LogP contribution in [0.3, 0.4) is 0 Å². The van der Waals surface area contributed by atoms with Gasteiger partial charge in [0.05, 0.1) is 6.54 Å². The van der Waals surface area contributed by atoms with Crippen LogP contribution in [0.1, 0.15) is 25.5 Å². The molecule has 1 atom stereocenters. The molecule has 1 aliphatic rings. The van der Waals surface area contributed by atoms with Gasteiger partial charge in [0.15, 0.2) is 0 Å². The topological polar surface area (TPSA) is 64.7 Å². The van der Waals surface area contributed by atoms with E-state index in [1.54, 1.807) is 12.1 Å². The van der Waals surface area contributed by atoms with Crippen molar-refractivity contribution in [2.75, 3.05) is 38.0 Å². The van der Waals surface area contributed by atoms with Crippen molar-refractivity contribution in [3.05, 3.63) is 66.0 Å². The molecule has 6 nitrogen and oxygen atoms in total. The molecule has 1 heterocycles. The zero-order chi connectivity index (χ0) is 21.5. The number of hydrogen-bond donors (Lipinski definition) is 2. The fourth-order valence-corrected chi connectivity index (χ4v) is 3.66. The summed E-state index contributed by atoms with van der Waals surface area (Å²) in [5.74, 6) is -0.476. The first-order valence-corrected chi connectivity index (χ1v) is 10.3.